The van der Waals surface area contributed by atoms with Crippen LogP contribution < -0.4 is 0 Å². The largest absolute Gasteiger partial charge is 0.341 e. The molecule has 1 aromatic carbocycles. The van der Waals surface area contributed by atoms with Crippen molar-refractivity contribution in [3.05, 3.63) is 35.9 Å². The molecule has 0 N–H and O–H groups in total. The van der Waals surface area contributed by atoms with Gasteiger partial charge in [0.05, 0.1) is 0 Å². The molecule has 0 saturated carbocycles. The maximum Gasteiger partial charge on any atom is 0.222 e. The Bertz CT molecular complexity index is 491. The van der Waals surface area contributed by atoms with Gasteiger partial charge in [-0.25, -0.2) is 0 Å². The summed E-state index contributed by atoms with van der Waals surface area (Å²) in [5.74, 6) is -1.16. The zero-order chi connectivity index (χ0) is 12.6. The minimum atomic E-state index is -1.58. The van der Waals surface area contributed by atoms with Crippen LogP contribution >= 0.6 is 0 Å². The Kier molecular flexibility index (Phi) is 2.67. The fourth-order valence-electron chi connectivity index (χ4n) is 1.93. The molecule has 0 radical (unpaired) electrons. The van der Waals surface area contributed by atoms with Crippen molar-refractivity contribution < 1.29 is 19.1 Å². The van der Waals surface area contributed by atoms with E-state index in [1.807, 2.05) is 0 Å². The fourth-order valence-corrected chi connectivity index (χ4v) is 1.93. The lowest BCUT2D eigenvalue weighted by atomic mass is 9.89. The second kappa shape index (κ2) is 3.89. The summed E-state index contributed by atoms with van der Waals surface area (Å²) in [7, 11) is 0. The number of Topliss-reactive ketones (excluding diaryl/α,β-unsaturated/α-hetero) is 3. The van der Waals surface area contributed by atoms with Crippen molar-refractivity contribution in [2.75, 3.05) is 0 Å². The van der Waals surface area contributed by atoms with Crippen LogP contribution in [0.15, 0.2) is 30.3 Å². The lowest BCUT2D eigenvalue weighted by Gasteiger charge is -2.07. The van der Waals surface area contributed by atoms with Crippen LogP contribution in [0, 0.1) is 0 Å². The third-order valence-corrected chi connectivity index (χ3v) is 2.88. The molecule has 2 atom stereocenters. The lowest BCUT2D eigenvalue weighted by Crippen LogP contribution is -2.36. The van der Waals surface area contributed by atoms with Crippen molar-refractivity contribution in [2.24, 2.45) is 0 Å². The number of ether oxygens (including phenoxy) is 1. The molecule has 0 amide bonds. The molecule has 0 aromatic heterocycles. The molecule has 4 heteroatoms. The molecule has 4 nitrogen and oxygen atoms in total. The fraction of sp³-hybridized carbons (Fsp3) is 0.308. The molecule has 1 saturated heterocycles. The van der Waals surface area contributed by atoms with Crippen molar-refractivity contribution in [1.29, 1.82) is 0 Å². The first-order chi connectivity index (χ1) is 8.00. The Morgan fingerprint density at radius 2 is 1.71 bits per heavy atom. The second-order valence-electron chi connectivity index (χ2n) is 4.10. The lowest BCUT2D eigenvalue weighted by molar-refractivity contribution is -0.121. The summed E-state index contributed by atoms with van der Waals surface area (Å²) >= 11 is 0. The summed E-state index contributed by atoms with van der Waals surface area (Å²) in [5.41, 5.74) is -1.20. The molecule has 0 aliphatic carbocycles. The van der Waals surface area contributed by atoms with E-state index >= 15 is 0 Å². The van der Waals surface area contributed by atoms with Crippen LogP contribution in [0.1, 0.15) is 24.2 Å². The molecule has 1 fully saturated rings. The van der Waals surface area contributed by atoms with Gasteiger partial charge in [-0.15, -0.1) is 0 Å². The zero-order valence-corrected chi connectivity index (χ0v) is 9.60. The van der Waals surface area contributed by atoms with Crippen LogP contribution in [0.4, 0.5) is 0 Å². The molecule has 1 aliphatic heterocycles. The van der Waals surface area contributed by atoms with Gasteiger partial charge in [0.25, 0.3) is 0 Å². The summed E-state index contributed by atoms with van der Waals surface area (Å²) in [4.78, 5) is 35.0. The van der Waals surface area contributed by atoms with Crippen molar-refractivity contribution in [3.63, 3.8) is 0 Å². The molecular formula is C13H12O4. The highest BCUT2D eigenvalue weighted by molar-refractivity contribution is 6.23. The van der Waals surface area contributed by atoms with Gasteiger partial charge in [0.1, 0.15) is 0 Å². The van der Waals surface area contributed by atoms with E-state index in [9.17, 15) is 14.4 Å². The average molecular weight is 232 g/mol. The summed E-state index contributed by atoms with van der Waals surface area (Å²) in [6.07, 6.45) is -0.923. The Hall–Kier alpha value is -1.81. The van der Waals surface area contributed by atoms with Gasteiger partial charge in [-0.1, -0.05) is 30.3 Å². The molecule has 0 bridgehead atoms. The first kappa shape index (κ1) is 11.7. The van der Waals surface area contributed by atoms with Gasteiger partial charge >= 0.3 is 0 Å². The van der Waals surface area contributed by atoms with Gasteiger partial charge in [0.15, 0.2) is 17.7 Å². The topological polar surface area (TPSA) is 63.7 Å². The van der Waals surface area contributed by atoms with Crippen molar-refractivity contribution in [2.45, 2.75) is 25.6 Å². The molecule has 0 unspecified atom stereocenters. The summed E-state index contributed by atoms with van der Waals surface area (Å²) in [6.45, 7) is 2.58. The number of hydrogen-bond acceptors (Lipinski definition) is 4. The van der Waals surface area contributed by atoms with Crippen LogP contribution in [0.5, 0.6) is 0 Å². The minimum Gasteiger partial charge on any atom is -0.341 e. The molecule has 0 spiro atoms. The predicted molar refractivity (Wildman–Crippen MR) is 59.7 cm³/mol. The number of rotatable bonds is 4. The molecular weight excluding hydrogens is 220 g/mol. The quantitative estimate of drug-likeness (QED) is 0.444. The van der Waals surface area contributed by atoms with Gasteiger partial charge in [-0.2, -0.15) is 0 Å². The van der Waals surface area contributed by atoms with Gasteiger partial charge in [-0.05, 0) is 13.8 Å². The number of ketones is 3. The van der Waals surface area contributed by atoms with E-state index in [0.717, 1.165) is 0 Å². The van der Waals surface area contributed by atoms with Crippen LogP contribution in [0.3, 0.4) is 0 Å². The van der Waals surface area contributed by atoms with E-state index in [4.69, 9.17) is 4.74 Å². The Labute approximate surface area is 98.6 Å². The number of carbonyl (C=O) groups is 3. The zero-order valence-electron chi connectivity index (χ0n) is 9.60. The molecule has 1 heterocycles. The highest BCUT2D eigenvalue weighted by Gasteiger charge is 2.68. The Morgan fingerprint density at radius 1 is 1.12 bits per heavy atom. The van der Waals surface area contributed by atoms with Crippen LogP contribution in [-0.4, -0.2) is 29.1 Å². The third kappa shape index (κ3) is 1.70. The van der Waals surface area contributed by atoms with Crippen LogP contribution in [0.2, 0.25) is 0 Å². The second-order valence-corrected chi connectivity index (χ2v) is 4.10. The van der Waals surface area contributed by atoms with E-state index in [1.165, 1.54) is 13.8 Å². The Balaban J connectivity index is 2.36. The van der Waals surface area contributed by atoms with Crippen molar-refractivity contribution in [1.82, 2.24) is 0 Å². The summed E-state index contributed by atoms with van der Waals surface area (Å²) in [6, 6.07) is 8.38. The van der Waals surface area contributed by atoms with Crippen molar-refractivity contribution >= 4 is 17.3 Å². The number of epoxide rings is 1. The van der Waals surface area contributed by atoms with E-state index < -0.39 is 23.3 Å². The highest BCUT2D eigenvalue weighted by Crippen LogP contribution is 2.41. The molecule has 1 aromatic rings. The monoisotopic (exact) mass is 232 g/mol. The van der Waals surface area contributed by atoms with Crippen LogP contribution in [0.25, 0.3) is 0 Å². The molecule has 88 valence electrons. The standard InChI is InChI=1S/C13H12O4/c1-8(14)12-13(17-12,9(2)15)11(16)10-6-4-3-5-7-10/h3-7,12H,1-2H3/t12-,13+/m1/s1. The van der Waals surface area contributed by atoms with E-state index in [1.54, 1.807) is 30.3 Å². The van der Waals surface area contributed by atoms with Gasteiger partial charge in [0, 0.05) is 5.56 Å². The average Bonchev–Trinajstić information content (AvgIpc) is 3.06. The third-order valence-electron chi connectivity index (χ3n) is 2.88. The van der Waals surface area contributed by atoms with Crippen LogP contribution in [-0.2, 0) is 14.3 Å². The maximum absolute atomic E-state index is 12.2. The first-order valence-electron chi connectivity index (χ1n) is 5.29. The molecule has 2 rings (SSSR count). The summed E-state index contributed by atoms with van der Waals surface area (Å²) in [5, 5.41) is 0. The molecule has 17 heavy (non-hydrogen) atoms. The van der Waals surface area contributed by atoms with Crippen molar-refractivity contribution in [3.8, 4) is 0 Å². The SMILES string of the molecule is CC(=O)[C@H]1O[C@@]1(C(C)=O)C(=O)c1ccccc1. The normalized spacial score (nSPS) is 26.4. The first-order valence-corrected chi connectivity index (χ1v) is 5.29. The van der Waals surface area contributed by atoms with Gasteiger partial charge < -0.3 is 4.74 Å². The number of hydrogen-bond donors (Lipinski definition) is 0. The predicted octanol–water partition coefficient (Wildman–Crippen LogP) is 1.18. The summed E-state index contributed by atoms with van der Waals surface area (Å²) < 4.78 is 5.10. The minimum absolute atomic E-state index is 0.301. The van der Waals surface area contributed by atoms with Gasteiger partial charge in [0.2, 0.25) is 11.4 Å². The highest BCUT2D eigenvalue weighted by atomic mass is 16.6. The van der Waals surface area contributed by atoms with E-state index in [-0.39, 0.29) is 5.78 Å². The Morgan fingerprint density at radius 3 is 2.12 bits per heavy atom. The molecule has 1 aliphatic rings. The van der Waals surface area contributed by atoms with Gasteiger partial charge in [-0.3, -0.25) is 14.4 Å². The maximum atomic E-state index is 12.2. The van der Waals surface area contributed by atoms with E-state index in [0.29, 0.717) is 5.56 Å². The number of benzene rings is 1. The smallest absolute Gasteiger partial charge is 0.222 e. The number of carbonyl (C=O) groups excluding carboxylic acids is 3. The van der Waals surface area contributed by atoms with E-state index in [2.05, 4.69) is 0 Å².